The Bertz CT molecular complexity index is 829. The van der Waals surface area contributed by atoms with Gasteiger partial charge in [0.15, 0.2) is 11.6 Å². The number of Topliss-reactive ketones (excluding diaryl/α,β-unsaturated/α-hetero) is 1. The molecular weight excluding hydrogens is 338 g/mol. The van der Waals surface area contributed by atoms with Crippen LogP contribution in [0.1, 0.15) is 30.4 Å². The molecule has 130 valence electrons. The lowest BCUT2D eigenvalue weighted by atomic mass is 9.86. The lowest BCUT2D eigenvalue weighted by Crippen LogP contribution is -2.27. The number of hydrogen-bond donors (Lipinski definition) is 0. The first-order valence-electron chi connectivity index (χ1n) is 7.89. The molecule has 1 unspecified atom stereocenters. The number of benzene rings is 1. The molecule has 0 saturated heterocycles. The van der Waals surface area contributed by atoms with E-state index >= 15 is 0 Å². The molecule has 1 aliphatic rings. The van der Waals surface area contributed by atoms with Crippen LogP contribution in [0.15, 0.2) is 34.3 Å². The molecule has 1 aromatic heterocycles. The van der Waals surface area contributed by atoms with E-state index < -0.39 is 0 Å². The van der Waals surface area contributed by atoms with Crippen molar-refractivity contribution in [1.29, 1.82) is 0 Å². The zero-order valence-corrected chi connectivity index (χ0v) is 15.4. The number of aromatic nitrogens is 2. The predicted molar refractivity (Wildman–Crippen MR) is 97.6 cm³/mol. The van der Waals surface area contributed by atoms with E-state index in [1.165, 1.54) is 11.8 Å². The number of nitrogens with zero attached hydrogens (tertiary/aromatic N) is 3. The molecule has 7 heteroatoms. The van der Waals surface area contributed by atoms with Crippen molar-refractivity contribution in [3.05, 3.63) is 35.4 Å². The molecule has 2 heterocycles. The van der Waals surface area contributed by atoms with E-state index in [-0.39, 0.29) is 11.7 Å². The van der Waals surface area contributed by atoms with Crippen LogP contribution in [-0.4, -0.2) is 42.2 Å². The second-order valence-corrected chi connectivity index (χ2v) is 6.38. The smallest absolute Gasteiger partial charge is 0.189 e. The van der Waals surface area contributed by atoms with Crippen molar-refractivity contribution in [2.24, 2.45) is 4.99 Å². The number of fused-ring (bicyclic) bond motifs is 1. The van der Waals surface area contributed by atoms with Gasteiger partial charge in [0.05, 0.1) is 20.1 Å². The van der Waals surface area contributed by atoms with Gasteiger partial charge in [-0.2, -0.15) is 0 Å². The quantitative estimate of drug-likeness (QED) is 0.764. The van der Waals surface area contributed by atoms with Crippen molar-refractivity contribution < 1.29 is 14.3 Å². The molecule has 1 aromatic carbocycles. The molecule has 0 amide bonds. The maximum atomic E-state index is 13.1. The summed E-state index contributed by atoms with van der Waals surface area (Å²) in [6.07, 6.45) is 2.60. The summed E-state index contributed by atoms with van der Waals surface area (Å²) in [6, 6.07) is 7.22. The van der Waals surface area contributed by atoms with Gasteiger partial charge in [0, 0.05) is 17.2 Å². The number of carbonyl (C=O) groups is 1. The zero-order chi connectivity index (χ0) is 18.0. The SMILES string of the molecule is CCC1C(=O)C(c2cc(OC)cc(OC)c2)=Nc2nnc(SC)cc21. The van der Waals surface area contributed by atoms with E-state index in [0.717, 1.165) is 10.6 Å². The predicted octanol–water partition coefficient (Wildman–Crippen LogP) is 3.41. The number of ether oxygens (including phenoxy) is 2. The van der Waals surface area contributed by atoms with Crippen molar-refractivity contribution in [3.8, 4) is 11.5 Å². The second kappa shape index (κ2) is 7.23. The van der Waals surface area contributed by atoms with Crippen molar-refractivity contribution >= 4 is 29.1 Å². The number of rotatable bonds is 5. The first-order chi connectivity index (χ1) is 12.1. The summed E-state index contributed by atoms with van der Waals surface area (Å²) in [6.45, 7) is 1.99. The monoisotopic (exact) mass is 357 g/mol. The Balaban J connectivity index is 2.16. The van der Waals surface area contributed by atoms with Crippen LogP contribution in [0.2, 0.25) is 0 Å². The maximum absolute atomic E-state index is 13.1. The summed E-state index contributed by atoms with van der Waals surface area (Å²) in [7, 11) is 3.14. The highest BCUT2D eigenvalue weighted by Crippen LogP contribution is 2.36. The molecule has 0 radical (unpaired) electrons. The number of methoxy groups -OCH3 is 2. The van der Waals surface area contributed by atoms with Crippen molar-refractivity contribution in [2.75, 3.05) is 20.5 Å². The minimum Gasteiger partial charge on any atom is -0.497 e. The maximum Gasteiger partial charge on any atom is 0.189 e. The fourth-order valence-electron chi connectivity index (χ4n) is 2.85. The highest BCUT2D eigenvalue weighted by Gasteiger charge is 2.32. The summed E-state index contributed by atoms with van der Waals surface area (Å²) in [5, 5.41) is 9.14. The third kappa shape index (κ3) is 3.24. The van der Waals surface area contributed by atoms with Crippen LogP contribution in [-0.2, 0) is 4.79 Å². The van der Waals surface area contributed by atoms with Crippen molar-refractivity contribution in [1.82, 2.24) is 10.2 Å². The topological polar surface area (TPSA) is 73.7 Å². The van der Waals surface area contributed by atoms with Gasteiger partial charge in [0.25, 0.3) is 0 Å². The molecule has 1 atom stereocenters. The van der Waals surface area contributed by atoms with Gasteiger partial charge in [-0.3, -0.25) is 4.79 Å². The minimum atomic E-state index is -0.277. The number of aliphatic imine (C=N–C) groups is 1. The number of thioether (sulfide) groups is 1. The zero-order valence-electron chi connectivity index (χ0n) is 14.6. The van der Waals surface area contributed by atoms with E-state index in [1.807, 2.05) is 19.2 Å². The van der Waals surface area contributed by atoms with E-state index in [2.05, 4.69) is 15.2 Å². The molecule has 1 aliphatic heterocycles. The Kier molecular flexibility index (Phi) is 5.03. The van der Waals surface area contributed by atoms with Gasteiger partial charge >= 0.3 is 0 Å². The second-order valence-electron chi connectivity index (χ2n) is 5.55. The molecular formula is C18H19N3O3S. The highest BCUT2D eigenvalue weighted by atomic mass is 32.2. The van der Waals surface area contributed by atoms with Gasteiger partial charge in [-0.1, -0.05) is 6.92 Å². The summed E-state index contributed by atoms with van der Waals surface area (Å²) in [5.41, 5.74) is 1.86. The van der Waals surface area contributed by atoms with Crippen LogP contribution in [0.3, 0.4) is 0 Å². The molecule has 6 nitrogen and oxygen atoms in total. The average molecular weight is 357 g/mol. The van der Waals surface area contributed by atoms with Gasteiger partial charge in [-0.15, -0.1) is 22.0 Å². The van der Waals surface area contributed by atoms with Crippen molar-refractivity contribution in [3.63, 3.8) is 0 Å². The Morgan fingerprint density at radius 2 is 1.76 bits per heavy atom. The van der Waals surface area contributed by atoms with E-state index in [4.69, 9.17) is 9.47 Å². The van der Waals surface area contributed by atoms with Crippen LogP contribution in [0, 0.1) is 0 Å². The van der Waals surface area contributed by atoms with Crippen molar-refractivity contribution in [2.45, 2.75) is 24.3 Å². The highest BCUT2D eigenvalue weighted by molar-refractivity contribution is 7.98. The molecule has 0 aliphatic carbocycles. The van der Waals surface area contributed by atoms with E-state index in [9.17, 15) is 4.79 Å². The van der Waals surface area contributed by atoms with Gasteiger partial charge in [-0.25, -0.2) is 4.99 Å². The molecule has 2 aromatic rings. The van der Waals surface area contributed by atoms with Gasteiger partial charge in [0.1, 0.15) is 22.2 Å². The molecule has 0 fully saturated rings. The Labute approximate surface area is 150 Å². The fraction of sp³-hybridized carbons (Fsp3) is 0.333. The molecule has 3 rings (SSSR count). The van der Waals surface area contributed by atoms with Gasteiger partial charge in [-0.05, 0) is 30.9 Å². The molecule has 0 N–H and O–H groups in total. The van der Waals surface area contributed by atoms with Crippen LogP contribution in [0.4, 0.5) is 5.82 Å². The largest absolute Gasteiger partial charge is 0.497 e. The summed E-state index contributed by atoms with van der Waals surface area (Å²) < 4.78 is 10.6. The first kappa shape index (κ1) is 17.4. The molecule has 0 saturated carbocycles. The van der Waals surface area contributed by atoms with Gasteiger partial charge in [0.2, 0.25) is 0 Å². The standard InChI is InChI=1S/C18H19N3O3S/c1-5-13-14-9-15(25-4)20-21-18(14)19-16(17(13)22)10-6-11(23-2)8-12(7-10)24-3/h6-9,13H,5H2,1-4H3. The third-order valence-corrected chi connectivity index (χ3v) is 4.78. The Morgan fingerprint density at radius 3 is 2.32 bits per heavy atom. The van der Waals surface area contributed by atoms with Crippen LogP contribution in [0.25, 0.3) is 0 Å². The number of ketones is 1. The lowest BCUT2D eigenvalue weighted by Gasteiger charge is -2.22. The van der Waals surface area contributed by atoms with E-state index in [1.54, 1.807) is 32.4 Å². The molecule has 0 spiro atoms. The summed E-state index contributed by atoms with van der Waals surface area (Å²) in [4.78, 5) is 17.5. The first-order valence-corrected chi connectivity index (χ1v) is 9.11. The third-order valence-electron chi connectivity index (χ3n) is 4.17. The number of carbonyl (C=O) groups excluding carboxylic acids is 1. The number of hydrogen-bond acceptors (Lipinski definition) is 7. The van der Waals surface area contributed by atoms with Crippen LogP contribution in [0.5, 0.6) is 11.5 Å². The average Bonchev–Trinajstić information content (AvgIpc) is 2.66. The fourth-order valence-corrected chi connectivity index (χ4v) is 3.21. The van der Waals surface area contributed by atoms with Crippen LogP contribution < -0.4 is 9.47 Å². The molecule has 0 bridgehead atoms. The van der Waals surface area contributed by atoms with Gasteiger partial charge < -0.3 is 9.47 Å². The molecule has 25 heavy (non-hydrogen) atoms. The summed E-state index contributed by atoms with van der Waals surface area (Å²) in [5.74, 6) is 1.41. The van der Waals surface area contributed by atoms with Crippen LogP contribution >= 0.6 is 11.8 Å². The lowest BCUT2D eigenvalue weighted by molar-refractivity contribution is -0.114. The Hall–Kier alpha value is -2.41. The van der Waals surface area contributed by atoms with E-state index in [0.29, 0.717) is 35.0 Å². The normalized spacial score (nSPS) is 16.2. The summed E-state index contributed by atoms with van der Waals surface area (Å²) >= 11 is 1.50. The Morgan fingerprint density at radius 1 is 1.08 bits per heavy atom. The minimum absolute atomic E-state index is 0.0228.